The van der Waals surface area contributed by atoms with E-state index < -0.39 is 0 Å². The van der Waals surface area contributed by atoms with Gasteiger partial charge >= 0.3 is 0 Å². The Morgan fingerprint density at radius 3 is 1.25 bits per heavy atom. The number of rotatable bonds is 4. The lowest BCUT2D eigenvalue weighted by atomic mass is 10.2. The lowest BCUT2D eigenvalue weighted by molar-refractivity contribution is 1.07. The Morgan fingerprint density at radius 1 is 0.341 bits per heavy atom. The smallest absolute Gasteiger partial charge is 0.138 e. The third-order valence-corrected chi connectivity index (χ3v) is 8.06. The first kappa shape index (κ1) is 24.4. The van der Waals surface area contributed by atoms with Crippen LogP contribution < -0.4 is 0 Å². The Bertz CT molecular complexity index is 2250. The van der Waals surface area contributed by atoms with Crippen LogP contribution in [0.15, 0.2) is 140 Å². The van der Waals surface area contributed by atoms with Crippen LogP contribution in [0.4, 0.5) is 0 Å². The van der Waals surface area contributed by atoms with Crippen LogP contribution >= 0.6 is 0 Å². The molecule has 7 heteroatoms. The molecular formula is C37H23N7. The van der Waals surface area contributed by atoms with E-state index in [1.807, 2.05) is 103 Å². The molecule has 0 radical (unpaired) electrons. The van der Waals surface area contributed by atoms with Crippen molar-refractivity contribution in [2.45, 2.75) is 0 Å². The molecule has 0 amide bonds. The maximum Gasteiger partial charge on any atom is 0.138 e. The second-order valence-electron chi connectivity index (χ2n) is 10.6. The van der Waals surface area contributed by atoms with E-state index in [2.05, 4.69) is 55.5 Å². The topological polar surface area (TPSA) is 74.3 Å². The standard InChI is InChI=1S/C37H23N7/c1-3-16-30-24(10-1)36-32(18-8-22-38-36)43(30)34-20-6-14-28(41-34)26-12-5-13-27(40-26)29-15-7-21-35(42-29)44-31-17-4-2-11-25(31)37-33(44)19-9-23-39-37/h1-23H. The van der Waals surface area contributed by atoms with Crippen molar-refractivity contribution in [1.29, 1.82) is 0 Å². The van der Waals surface area contributed by atoms with Crippen molar-refractivity contribution in [2.75, 3.05) is 0 Å². The van der Waals surface area contributed by atoms with Gasteiger partial charge in [0.15, 0.2) is 0 Å². The van der Waals surface area contributed by atoms with E-state index in [4.69, 9.17) is 15.0 Å². The van der Waals surface area contributed by atoms with Gasteiger partial charge in [0.25, 0.3) is 0 Å². The van der Waals surface area contributed by atoms with Crippen LogP contribution in [0.5, 0.6) is 0 Å². The molecule has 0 aliphatic rings. The van der Waals surface area contributed by atoms with E-state index in [-0.39, 0.29) is 0 Å². The zero-order valence-electron chi connectivity index (χ0n) is 23.4. The molecule has 9 rings (SSSR count). The monoisotopic (exact) mass is 565 g/mol. The van der Waals surface area contributed by atoms with Crippen LogP contribution in [0, 0.1) is 0 Å². The van der Waals surface area contributed by atoms with Crippen molar-refractivity contribution >= 4 is 43.9 Å². The summed E-state index contributed by atoms with van der Waals surface area (Å²) in [5.41, 5.74) is 9.19. The second kappa shape index (κ2) is 9.68. The molecule has 44 heavy (non-hydrogen) atoms. The number of benzene rings is 2. The summed E-state index contributed by atoms with van der Waals surface area (Å²) in [6.07, 6.45) is 3.67. The summed E-state index contributed by atoms with van der Waals surface area (Å²) in [6, 6.07) is 42.8. The minimum atomic E-state index is 0.775. The summed E-state index contributed by atoms with van der Waals surface area (Å²) >= 11 is 0. The lowest BCUT2D eigenvalue weighted by Gasteiger charge is -2.10. The number of nitrogens with zero attached hydrogens (tertiary/aromatic N) is 7. The minimum absolute atomic E-state index is 0.775. The zero-order chi connectivity index (χ0) is 29.0. The maximum atomic E-state index is 5.09. The van der Waals surface area contributed by atoms with Crippen LogP contribution in [0.3, 0.4) is 0 Å². The molecule has 7 heterocycles. The van der Waals surface area contributed by atoms with Gasteiger partial charge in [-0.1, -0.05) is 54.6 Å². The first-order valence-corrected chi connectivity index (χ1v) is 14.4. The third-order valence-electron chi connectivity index (χ3n) is 8.06. The SMILES string of the molecule is c1cc(-c2cccc(-n3c4ccccc4c4ncccc43)n2)nc(-c2cccc(-n3c4ccccc4c4ncccc43)n2)c1. The highest BCUT2D eigenvalue weighted by Gasteiger charge is 2.16. The molecule has 0 spiro atoms. The van der Waals surface area contributed by atoms with Crippen LogP contribution in [0.1, 0.15) is 0 Å². The number of hydrogen-bond donors (Lipinski definition) is 0. The largest absolute Gasteiger partial charge is 0.292 e. The molecule has 0 N–H and O–H groups in total. The fourth-order valence-electron chi connectivity index (χ4n) is 6.16. The lowest BCUT2D eigenvalue weighted by Crippen LogP contribution is -2.00. The van der Waals surface area contributed by atoms with Gasteiger partial charge in [-0.3, -0.25) is 19.1 Å². The van der Waals surface area contributed by atoms with E-state index in [9.17, 15) is 0 Å². The highest BCUT2D eigenvalue weighted by atomic mass is 15.1. The fraction of sp³-hybridized carbons (Fsp3) is 0. The van der Waals surface area contributed by atoms with E-state index in [0.717, 1.165) is 78.3 Å². The van der Waals surface area contributed by atoms with Gasteiger partial charge in [-0.25, -0.2) is 15.0 Å². The summed E-state index contributed by atoms with van der Waals surface area (Å²) in [6.45, 7) is 0. The Kier molecular flexibility index (Phi) is 5.36. The van der Waals surface area contributed by atoms with Gasteiger partial charge in [-0.15, -0.1) is 0 Å². The molecule has 2 aromatic carbocycles. The average Bonchev–Trinajstić information content (AvgIpc) is 3.62. The molecule has 9 aromatic rings. The Hall–Kier alpha value is -6.21. The Balaban J connectivity index is 1.15. The number of aromatic nitrogens is 7. The molecule has 7 aromatic heterocycles. The molecule has 0 unspecified atom stereocenters. The van der Waals surface area contributed by atoms with Gasteiger partial charge in [0.05, 0.1) is 55.9 Å². The minimum Gasteiger partial charge on any atom is -0.292 e. The molecule has 7 nitrogen and oxygen atoms in total. The summed E-state index contributed by atoms with van der Waals surface area (Å²) in [7, 11) is 0. The molecule has 0 saturated carbocycles. The first-order valence-electron chi connectivity index (χ1n) is 14.4. The van der Waals surface area contributed by atoms with Gasteiger partial charge < -0.3 is 0 Å². The Morgan fingerprint density at radius 2 is 0.750 bits per heavy atom. The van der Waals surface area contributed by atoms with Gasteiger partial charge in [0.2, 0.25) is 0 Å². The molecule has 0 bridgehead atoms. The van der Waals surface area contributed by atoms with Crippen LogP contribution in [-0.2, 0) is 0 Å². The van der Waals surface area contributed by atoms with Crippen molar-refractivity contribution in [2.24, 2.45) is 0 Å². The number of pyridine rings is 5. The van der Waals surface area contributed by atoms with E-state index >= 15 is 0 Å². The van der Waals surface area contributed by atoms with Crippen molar-refractivity contribution in [3.05, 3.63) is 140 Å². The Labute approximate surface area is 251 Å². The van der Waals surface area contributed by atoms with Crippen LogP contribution in [-0.4, -0.2) is 34.1 Å². The van der Waals surface area contributed by atoms with Gasteiger partial charge in [-0.05, 0) is 72.8 Å². The summed E-state index contributed by atoms with van der Waals surface area (Å²) in [4.78, 5) is 24.5. The number of fused-ring (bicyclic) bond motifs is 6. The van der Waals surface area contributed by atoms with Crippen molar-refractivity contribution in [3.8, 4) is 34.4 Å². The summed E-state index contributed by atoms with van der Waals surface area (Å²) in [5, 5.41) is 2.20. The highest BCUT2D eigenvalue weighted by Crippen LogP contribution is 2.32. The van der Waals surface area contributed by atoms with Crippen LogP contribution in [0.25, 0.3) is 78.3 Å². The molecule has 206 valence electrons. The highest BCUT2D eigenvalue weighted by molar-refractivity contribution is 6.07. The third kappa shape index (κ3) is 3.73. The number of para-hydroxylation sites is 2. The second-order valence-corrected chi connectivity index (χ2v) is 10.6. The van der Waals surface area contributed by atoms with Gasteiger partial charge in [0, 0.05) is 23.2 Å². The summed E-state index contributed by atoms with van der Waals surface area (Å²) in [5.74, 6) is 1.63. The first-order chi connectivity index (χ1) is 21.8. The van der Waals surface area contributed by atoms with Gasteiger partial charge in [0.1, 0.15) is 11.6 Å². The predicted molar refractivity (Wildman–Crippen MR) is 175 cm³/mol. The maximum absolute atomic E-state index is 5.09. The molecule has 0 aliphatic heterocycles. The molecule has 0 aliphatic carbocycles. The predicted octanol–water partition coefficient (Wildman–Crippen LogP) is 8.19. The zero-order valence-corrected chi connectivity index (χ0v) is 23.4. The van der Waals surface area contributed by atoms with Crippen molar-refractivity contribution in [3.63, 3.8) is 0 Å². The van der Waals surface area contributed by atoms with Crippen molar-refractivity contribution < 1.29 is 0 Å². The fourth-order valence-corrected chi connectivity index (χ4v) is 6.16. The number of hydrogen-bond acceptors (Lipinski definition) is 5. The van der Waals surface area contributed by atoms with Crippen molar-refractivity contribution in [1.82, 2.24) is 34.1 Å². The summed E-state index contributed by atoms with van der Waals surface area (Å²) < 4.78 is 4.33. The average molecular weight is 566 g/mol. The quantitative estimate of drug-likeness (QED) is 0.215. The van der Waals surface area contributed by atoms with E-state index in [1.165, 1.54) is 0 Å². The molecular weight excluding hydrogens is 542 g/mol. The molecule has 0 fully saturated rings. The molecule has 0 atom stereocenters. The normalized spacial score (nSPS) is 11.6. The van der Waals surface area contributed by atoms with E-state index in [1.54, 1.807) is 0 Å². The van der Waals surface area contributed by atoms with Gasteiger partial charge in [-0.2, -0.15) is 0 Å². The molecule has 0 saturated heterocycles. The van der Waals surface area contributed by atoms with Crippen LogP contribution in [0.2, 0.25) is 0 Å². The van der Waals surface area contributed by atoms with E-state index in [0.29, 0.717) is 0 Å².